The molecule has 3 aliphatic rings. The van der Waals surface area contributed by atoms with Crippen LogP contribution in [0.1, 0.15) is 0 Å². The maximum absolute atomic E-state index is 10.6. The quantitative estimate of drug-likeness (QED) is 0.154. The Morgan fingerprint density at radius 2 is 0.853 bits per heavy atom. The summed E-state index contributed by atoms with van der Waals surface area (Å²) in [6.07, 6.45) is -25.1. The highest BCUT2D eigenvalue weighted by molar-refractivity contribution is 4.96. The van der Waals surface area contributed by atoms with Crippen LogP contribution in [-0.2, 0) is 23.7 Å². The molecule has 0 saturated carbocycles. The molecule has 3 saturated heterocycles. The standard InChI is InChI=1S/C18H32O16/c19-1-4-7(22)8(23)12(27)17(31-4)34-15-6(3-21)32-18(13(28)10(15)25)33-14-5(2-20)30-16(29)11(26)9(14)24/h4-29H,1-3H2/t4-,5-,6-,7-,8+,9-,10-,11-,12-,13-,14+,15-,16?,17+,18+/m1/s1. The first-order valence-electron chi connectivity index (χ1n) is 10.6. The van der Waals surface area contributed by atoms with E-state index in [1.807, 2.05) is 0 Å². The first kappa shape index (κ1) is 27.9. The predicted molar refractivity (Wildman–Crippen MR) is 101 cm³/mol. The largest absolute Gasteiger partial charge is 0.394 e. The van der Waals surface area contributed by atoms with Crippen molar-refractivity contribution in [2.45, 2.75) is 92.1 Å². The Kier molecular flexibility index (Phi) is 9.54. The van der Waals surface area contributed by atoms with E-state index < -0.39 is 112 Å². The minimum atomic E-state index is -1.91. The molecule has 16 heteroatoms. The fraction of sp³-hybridized carbons (Fsp3) is 1.00. The van der Waals surface area contributed by atoms with E-state index in [9.17, 15) is 56.2 Å². The third kappa shape index (κ3) is 5.37. The van der Waals surface area contributed by atoms with E-state index in [1.54, 1.807) is 0 Å². The van der Waals surface area contributed by atoms with Crippen molar-refractivity contribution in [1.29, 1.82) is 0 Å². The third-order valence-corrected chi connectivity index (χ3v) is 6.09. The second kappa shape index (κ2) is 11.6. The summed E-state index contributed by atoms with van der Waals surface area (Å²) < 4.78 is 26.4. The van der Waals surface area contributed by atoms with Crippen LogP contribution in [0.2, 0.25) is 0 Å². The van der Waals surface area contributed by atoms with Crippen molar-refractivity contribution in [3.05, 3.63) is 0 Å². The number of rotatable bonds is 7. The van der Waals surface area contributed by atoms with Gasteiger partial charge in [-0.25, -0.2) is 0 Å². The molecule has 0 aliphatic carbocycles. The third-order valence-electron chi connectivity index (χ3n) is 6.09. The van der Waals surface area contributed by atoms with E-state index >= 15 is 0 Å². The molecule has 1 unspecified atom stereocenters. The number of aliphatic hydroxyl groups is 11. The molecule has 3 rings (SSSR count). The van der Waals surface area contributed by atoms with E-state index in [1.165, 1.54) is 0 Å². The number of hydrogen-bond donors (Lipinski definition) is 11. The van der Waals surface area contributed by atoms with Crippen LogP contribution in [0.25, 0.3) is 0 Å². The number of aliphatic hydroxyl groups excluding tert-OH is 11. The maximum atomic E-state index is 10.6. The molecule has 0 aromatic rings. The molecule has 0 radical (unpaired) electrons. The van der Waals surface area contributed by atoms with Gasteiger partial charge in [0.05, 0.1) is 19.8 Å². The van der Waals surface area contributed by atoms with Crippen molar-refractivity contribution in [2.75, 3.05) is 19.8 Å². The van der Waals surface area contributed by atoms with Gasteiger partial charge in [0.15, 0.2) is 18.9 Å². The van der Waals surface area contributed by atoms with Gasteiger partial charge in [-0.05, 0) is 0 Å². The van der Waals surface area contributed by atoms with Gasteiger partial charge in [0.2, 0.25) is 0 Å². The molecule has 0 aromatic heterocycles. The van der Waals surface area contributed by atoms with Crippen LogP contribution in [-0.4, -0.2) is 168 Å². The molecular weight excluding hydrogens is 472 g/mol. The van der Waals surface area contributed by atoms with Crippen molar-refractivity contribution in [1.82, 2.24) is 0 Å². The van der Waals surface area contributed by atoms with E-state index in [0.29, 0.717) is 0 Å². The smallest absolute Gasteiger partial charge is 0.187 e. The van der Waals surface area contributed by atoms with Crippen molar-refractivity contribution < 1.29 is 79.9 Å². The second-order valence-corrected chi connectivity index (χ2v) is 8.33. The minimum absolute atomic E-state index is 0.741. The fourth-order valence-corrected chi connectivity index (χ4v) is 4.06. The van der Waals surface area contributed by atoms with Crippen molar-refractivity contribution in [3.63, 3.8) is 0 Å². The summed E-state index contributed by atoms with van der Waals surface area (Å²) in [5.74, 6) is 0. The predicted octanol–water partition coefficient (Wildman–Crippen LogP) is -7.57. The van der Waals surface area contributed by atoms with Crippen LogP contribution >= 0.6 is 0 Å². The van der Waals surface area contributed by atoms with Gasteiger partial charge >= 0.3 is 0 Å². The zero-order valence-corrected chi connectivity index (χ0v) is 17.7. The lowest BCUT2D eigenvalue weighted by Crippen LogP contribution is -2.66. The van der Waals surface area contributed by atoms with Crippen molar-refractivity contribution in [3.8, 4) is 0 Å². The molecule has 3 fully saturated rings. The Morgan fingerprint density at radius 1 is 0.441 bits per heavy atom. The Bertz CT molecular complexity index is 635. The van der Waals surface area contributed by atoms with E-state index in [4.69, 9.17) is 23.7 Å². The molecule has 11 N–H and O–H groups in total. The lowest BCUT2D eigenvalue weighted by Gasteiger charge is -2.47. The van der Waals surface area contributed by atoms with Crippen molar-refractivity contribution in [2.24, 2.45) is 0 Å². The average Bonchev–Trinajstić information content (AvgIpc) is 2.83. The van der Waals surface area contributed by atoms with Gasteiger partial charge in [-0.2, -0.15) is 0 Å². The van der Waals surface area contributed by atoms with Crippen LogP contribution in [0, 0.1) is 0 Å². The maximum Gasteiger partial charge on any atom is 0.187 e. The molecule has 0 spiro atoms. The monoisotopic (exact) mass is 504 g/mol. The van der Waals surface area contributed by atoms with E-state index in [2.05, 4.69) is 0 Å². The van der Waals surface area contributed by atoms with Crippen molar-refractivity contribution >= 4 is 0 Å². The Morgan fingerprint density at radius 3 is 1.35 bits per heavy atom. The Balaban J connectivity index is 1.72. The summed E-state index contributed by atoms with van der Waals surface area (Å²) >= 11 is 0. The van der Waals surface area contributed by atoms with Gasteiger partial charge in [-0.3, -0.25) is 0 Å². The second-order valence-electron chi connectivity index (χ2n) is 8.33. The van der Waals surface area contributed by atoms with Crippen LogP contribution in [0.3, 0.4) is 0 Å². The molecular formula is C18H32O16. The normalized spacial score (nSPS) is 52.5. The lowest BCUT2D eigenvalue weighted by molar-refractivity contribution is -0.377. The first-order valence-corrected chi connectivity index (χ1v) is 10.6. The average molecular weight is 504 g/mol. The summed E-state index contributed by atoms with van der Waals surface area (Å²) in [6, 6.07) is 0. The van der Waals surface area contributed by atoms with Crippen LogP contribution in [0.4, 0.5) is 0 Å². The Labute approximate surface area is 192 Å². The zero-order chi connectivity index (χ0) is 25.3. The molecule has 0 bridgehead atoms. The molecule has 34 heavy (non-hydrogen) atoms. The topological polar surface area (TPSA) is 269 Å². The highest BCUT2D eigenvalue weighted by Gasteiger charge is 2.53. The van der Waals surface area contributed by atoms with Crippen LogP contribution < -0.4 is 0 Å². The summed E-state index contributed by atoms with van der Waals surface area (Å²) in [6.45, 7) is -2.32. The van der Waals surface area contributed by atoms with Gasteiger partial charge in [0, 0.05) is 0 Å². The highest BCUT2D eigenvalue weighted by atomic mass is 16.8. The van der Waals surface area contributed by atoms with Gasteiger partial charge in [0.25, 0.3) is 0 Å². The van der Waals surface area contributed by atoms with Gasteiger partial charge in [-0.1, -0.05) is 0 Å². The highest BCUT2D eigenvalue weighted by Crippen LogP contribution is 2.32. The molecule has 16 nitrogen and oxygen atoms in total. The van der Waals surface area contributed by atoms with Gasteiger partial charge < -0.3 is 79.9 Å². The van der Waals surface area contributed by atoms with E-state index in [-0.39, 0.29) is 0 Å². The Hall–Kier alpha value is -0.640. The molecule has 3 heterocycles. The zero-order valence-electron chi connectivity index (χ0n) is 17.7. The van der Waals surface area contributed by atoms with Gasteiger partial charge in [0.1, 0.15) is 73.2 Å². The van der Waals surface area contributed by atoms with Gasteiger partial charge in [-0.15, -0.1) is 0 Å². The minimum Gasteiger partial charge on any atom is -0.394 e. The van der Waals surface area contributed by atoms with E-state index in [0.717, 1.165) is 0 Å². The molecule has 15 atom stereocenters. The SMILES string of the molecule is OC[C@H]1O[C@@H](O[C@H]2[C@H](O)[C@@H](O)[C@H](O[C@@H]3[C@H](O)[C@@H](O)C(O)O[C@@H]3CO)O[C@@H]2CO)[C@H](O)[C@@H](O)[C@@H]1O. The summed E-state index contributed by atoms with van der Waals surface area (Å²) in [5, 5.41) is 109. The summed E-state index contributed by atoms with van der Waals surface area (Å²) in [5.41, 5.74) is 0. The molecule has 0 aromatic carbocycles. The fourth-order valence-electron chi connectivity index (χ4n) is 4.06. The summed E-state index contributed by atoms with van der Waals surface area (Å²) in [4.78, 5) is 0. The van der Waals surface area contributed by atoms with Crippen LogP contribution in [0.5, 0.6) is 0 Å². The molecule has 3 aliphatic heterocycles. The number of ether oxygens (including phenoxy) is 5. The molecule has 0 amide bonds. The first-order chi connectivity index (χ1) is 16.0. The lowest BCUT2D eigenvalue weighted by atomic mass is 9.96. The molecule has 200 valence electrons. The summed E-state index contributed by atoms with van der Waals surface area (Å²) in [7, 11) is 0. The van der Waals surface area contributed by atoms with Crippen LogP contribution in [0.15, 0.2) is 0 Å². The number of hydrogen-bond acceptors (Lipinski definition) is 16.